The van der Waals surface area contributed by atoms with Gasteiger partial charge in [0, 0.05) is 49.8 Å². The summed E-state index contributed by atoms with van der Waals surface area (Å²) in [6.07, 6.45) is 2.96. The highest BCUT2D eigenvalue weighted by atomic mass is 16.5. The summed E-state index contributed by atoms with van der Waals surface area (Å²) >= 11 is 0. The van der Waals surface area contributed by atoms with Crippen LogP contribution in [0.1, 0.15) is 55.1 Å². The lowest BCUT2D eigenvalue weighted by atomic mass is 9.84. The van der Waals surface area contributed by atoms with Crippen LogP contribution in [0.4, 0.5) is 0 Å². The van der Waals surface area contributed by atoms with Crippen molar-refractivity contribution in [1.82, 2.24) is 9.80 Å². The van der Waals surface area contributed by atoms with E-state index in [1.165, 1.54) is 5.56 Å². The number of rotatable bonds is 2. The van der Waals surface area contributed by atoms with Crippen LogP contribution in [0.3, 0.4) is 0 Å². The van der Waals surface area contributed by atoms with Crippen molar-refractivity contribution in [2.75, 3.05) is 46.0 Å². The molecule has 5 heteroatoms. The van der Waals surface area contributed by atoms with Crippen LogP contribution in [0.25, 0.3) is 0 Å². The van der Waals surface area contributed by atoms with E-state index in [-0.39, 0.29) is 11.3 Å². The van der Waals surface area contributed by atoms with Gasteiger partial charge in [0.2, 0.25) is 0 Å². The summed E-state index contributed by atoms with van der Waals surface area (Å²) in [7, 11) is 0. The molecule has 0 bridgehead atoms. The maximum atomic E-state index is 13.2. The van der Waals surface area contributed by atoms with Gasteiger partial charge in [-0.15, -0.1) is 0 Å². The number of amides is 1. The molecule has 0 saturated carbocycles. The molecule has 2 fully saturated rings. The number of morpholine rings is 1. The Labute approximate surface area is 162 Å². The van der Waals surface area contributed by atoms with Crippen LogP contribution in [-0.2, 0) is 16.6 Å². The molecular formula is C22H32N2O3. The lowest BCUT2D eigenvalue weighted by molar-refractivity contribution is 0.00158. The highest BCUT2D eigenvalue weighted by Gasteiger charge is 2.32. The SMILES string of the molecule is CC(C)(C)c1ccc(C(=O)N2CCC(N3CCOCC3)CC2)c2c1OCC2. The van der Waals surface area contributed by atoms with Crippen molar-refractivity contribution in [2.24, 2.45) is 0 Å². The predicted molar refractivity (Wildman–Crippen MR) is 106 cm³/mol. The maximum absolute atomic E-state index is 13.2. The average molecular weight is 373 g/mol. The molecule has 5 nitrogen and oxygen atoms in total. The summed E-state index contributed by atoms with van der Waals surface area (Å²) in [4.78, 5) is 17.8. The fourth-order valence-electron chi connectivity index (χ4n) is 4.63. The highest BCUT2D eigenvalue weighted by Crippen LogP contribution is 2.39. The Morgan fingerprint density at radius 1 is 1.04 bits per heavy atom. The Hall–Kier alpha value is -1.59. The van der Waals surface area contributed by atoms with Gasteiger partial charge in [0.05, 0.1) is 19.8 Å². The summed E-state index contributed by atoms with van der Waals surface area (Å²) < 4.78 is 11.4. The lowest BCUT2D eigenvalue weighted by Gasteiger charge is -2.40. The maximum Gasteiger partial charge on any atom is 0.254 e. The number of benzene rings is 1. The predicted octanol–water partition coefficient (Wildman–Crippen LogP) is 2.86. The normalized spacial score (nSPS) is 21.8. The van der Waals surface area contributed by atoms with E-state index < -0.39 is 0 Å². The number of likely N-dealkylation sites (tertiary alicyclic amines) is 1. The second-order valence-corrected chi connectivity index (χ2v) is 8.99. The first-order chi connectivity index (χ1) is 12.9. The number of hydrogen-bond donors (Lipinski definition) is 0. The summed E-state index contributed by atoms with van der Waals surface area (Å²) in [5.41, 5.74) is 3.19. The minimum Gasteiger partial charge on any atom is -0.493 e. The van der Waals surface area contributed by atoms with Gasteiger partial charge in [-0.1, -0.05) is 26.8 Å². The molecule has 1 aromatic carbocycles. The van der Waals surface area contributed by atoms with Gasteiger partial charge >= 0.3 is 0 Å². The molecule has 148 valence electrons. The number of carbonyl (C=O) groups excluding carboxylic acids is 1. The molecule has 0 radical (unpaired) electrons. The minimum absolute atomic E-state index is 0.0203. The molecule has 0 spiro atoms. The lowest BCUT2D eigenvalue weighted by Crippen LogP contribution is -2.50. The van der Waals surface area contributed by atoms with Crippen LogP contribution >= 0.6 is 0 Å². The van der Waals surface area contributed by atoms with E-state index in [2.05, 4.69) is 31.7 Å². The van der Waals surface area contributed by atoms with Crippen molar-refractivity contribution in [3.05, 3.63) is 28.8 Å². The van der Waals surface area contributed by atoms with Crippen molar-refractivity contribution in [2.45, 2.75) is 51.5 Å². The molecule has 0 N–H and O–H groups in total. The van der Waals surface area contributed by atoms with Crippen molar-refractivity contribution in [3.8, 4) is 5.75 Å². The quantitative estimate of drug-likeness (QED) is 0.801. The minimum atomic E-state index is 0.0203. The number of piperidine rings is 1. The largest absolute Gasteiger partial charge is 0.493 e. The van der Waals surface area contributed by atoms with E-state index in [1.54, 1.807) is 0 Å². The molecule has 1 aromatic rings. The zero-order valence-corrected chi connectivity index (χ0v) is 16.9. The van der Waals surface area contributed by atoms with Crippen LogP contribution in [-0.4, -0.2) is 67.7 Å². The third-order valence-corrected chi connectivity index (χ3v) is 6.21. The Morgan fingerprint density at radius 3 is 2.41 bits per heavy atom. The number of nitrogens with zero attached hydrogens (tertiary/aromatic N) is 2. The van der Waals surface area contributed by atoms with Gasteiger partial charge < -0.3 is 14.4 Å². The fourth-order valence-corrected chi connectivity index (χ4v) is 4.63. The number of hydrogen-bond acceptors (Lipinski definition) is 4. The first-order valence-electron chi connectivity index (χ1n) is 10.4. The molecule has 2 saturated heterocycles. The highest BCUT2D eigenvalue weighted by molar-refractivity contribution is 5.97. The van der Waals surface area contributed by atoms with Crippen LogP contribution in [0.5, 0.6) is 5.75 Å². The molecule has 0 aromatic heterocycles. The van der Waals surface area contributed by atoms with Gasteiger partial charge in [-0.2, -0.15) is 0 Å². The van der Waals surface area contributed by atoms with Crippen LogP contribution in [0.2, 0.25) is 0 Å². The Kier molecular flexibility index (Phi) is 5.17. The third kappa shape index (κ3) is 3.72. The summed E-state index contributed by atoms with van der Waals surface area (Å²) in [6, 6.07) is 4.72. The molecule has 3 aliphatic heterocycles. The van der Waals surface area contributed by atoms with Gasteiger partial charge in [-0.25, -0.2) is 0 Å². The van der Waals surface area contributed by atoms with Gasteiger partial charge in [-0.3, -0.25) is 9.69 Å². The van der Waals surface area contributed by atoms with E-state index in [0.717, 1.165) is 75.5 Å². The van der Waals surface area contributed by atoms with Gasteiger partial charge in [-0.05, 0) is 29.9 Å². The molecule has 0 atom stereocenters. The molecule has 4 rings (SSSR count). The van der Waals surface area contributed by atoms with E-state index in [9.17, 15) is 4.79 Å². The molecule has 1 amide bonds. The summed E-state index contributed by atoms with van der Waals surface area (Å²) in [6.45, 7) is 12.7. The number of ether oxygens (including phenoxy) is 2. The number of fused-ring (bicyclic) bond motifs is 1. The first kappa shape index (κ1) is 18.8. The first-order valence-corrected chi connectivity index (χ1v) is 10.4. The van der Waals surface area contributed by atoms with Crippen molar-refractivity contribution in [1.29, 1.82) is 0 Å². The summed E-state index contributed by atoms with van der Waals surface area (Å²) in [5.74, 6) is 1.13. The average Bonchev–Trinajstić information content (AvgIpc) is 3.16. The second-order valence-electron chi connectivity index (χ2n) is 8.99. The molecular weight excluding hydrogens is 340 g/mol. The summed E-state index contributed by atoms with van der Waals surface area (Å²) in [5, 5.41) is 0. The molecule has 3 heterocycles. The van der Waals surface area contributed by atoms with Gasteiger partial charge in [0.25, 0.3) is 5.91 Å². The smallest absolute Gasteiger partial charge is 0.254 e. The zero-order valence-electron chi connectivity index (χ0n) is 16.9. The van der Waals surface area contributed by atoms with E-state index >= 15 is 0 Å². The van der Waals surface area contributed by atoms with Crippen molar-refractivity contribution >= 4 is 5.91 Å². The molecule has 0 aliphatic carbocycles. The van der Waals surface area contributed by atoms with Crippen molar-refractivity contribution < 1.29 is 14.3 Å². The number of carbonyl (C=O) groups is 1. The second kappa shape index (κ2) is 7.44. The van der Waals surface area contributed by atoms with Crippen LogP contribution < -0.4 is 4.74 Å². The van der Waals surface area contributed by atoms with Crippen LogP contribution in [0.15, 0.2) is 12.1 Å². The Balaban J connectivity index is 1.47. The molecule has 27 heavy (non-hydrogen) atoms. The monoisotopic (exact) mass is 372 g/mol. The zero-order chi connectivity index (χ0) is 19.0. The van der Waals surface area contributed by atoms with E-state index in [0.29, 0.717) is 12.6 Å². The fraction of sp³-hybridized carbons (Fsp3) is 0.682. The topological polar surface area (TPSA) is 42.0 Å². The van der Waals surface area contributed by atoms with Gasteiger partial charge in [0.15, 0.2) is 0 Å². The standard InChI is InChI=1S/C22H32N2O3/c1-22(2,3)19-5-4-18(17-8-13-27-20(17)19)21(25)24-9-6-16(7-10-24)23-11-14-26-15-12-23/h4-5,16H,6-15H2,1-3H3. The third-order valence-electron chi connectivity index (χ3n) is 6.21. The van der Waals surface area contributed by atoms with Gasteiger partial charge in [0.1, 0.15) is 5.75 Å². The van der Waals surface area contributed by atoms with Crippen LogP contribution in [0, 0.1) is 0 Å². The molecule has 0 unspecified atom stereocenters. The van der Waals surface area contributed by atoms with Crippen molar-refractivity contribution in [3.63, 3.8) is 0 Å². The molecule has 3 aliphatic rings. The Bertz CT molecular complexity index is 696. The Morgan fingerprint density at radius 2 is 1.74 bits per heavy atom. The van der Waals surface area contributed by atoms with E-state index in [4.69, 9.17) is 9.47 Å². The van der Waals surface area contributed by atoms with E-state index in [1.807, 2.05) is 11.0 Å².